The van der Waals surface area contributed by atoms with Gasteiger partial charge in [0, 0.05) is 18.1 Å². The molecular formula is C12H17BrN2O. The number of carbonyl (C=O) groups is 1. The van der Waals surface area contributed by atoms with Crippen molar-refractivity contribution in [2.24, 2.45) is 0 Å². The van der Waals surface area contributed by atoms with Crippen LogP contribution in [0.4, 0.5) is 0 Å². The van der Waals surface area contributed by atoms with Gasteiger partial charge in [0.1, 0.15) is 0 Å². The van der Waals surface area contributed by atoms with Crippen LogP contribution in [0, 0.1) is 0 Å². The summed E-state index contributed by atoms with van der Waals surface area (Å²) in [7, 11) is 1.82. The Morgan fingerprint density at radius 3 is 2.88 bits per heavy atom. The molecule has 0 aliphatic carbocycles. The number of nitrogens with one attached hydrogen (secondary N) is 1. The molecule has 0 bridgehead atoms. The van der Waals surface area contributed by atoms with Crippen molar-refractivity contribution in [1.29, 1.82) is 0 Å². The Morgan fingerprint density at radius 2 is 2.25 bits per heavy atom. The Hall–Kier alpha value is -0.870. The van der Waals surface area contributed by atoms with Gasteiger partial charge in [0.05, 0.1) is 6.54 Å². The van der Waals surface area contributed by atoms with E-state index in [-0.39, 0.29) is 5.91 Å². The van der Waals surface area contributed by atoms with Crippen LogP contribution in [0.15, 0.2) is 28.7 Å². The maximum absolute atomic E-state index is 11.6. The largest absolute Gasteiger partial charge is 0.340 e. The zero-order valence-electron chi connectivity index (χ0n) is 9.66. The van der Waals surface area contributed by atoms with Crippen molar-refractivity contribution >= 4 is 21.8 Å². The van der Waals surface area contributed by atoms with Crippen LogP contribution in [0.2, 0.25) is 0 Å². The summed E-state index contributed by atoms with van der Waals surface area (Å²) in [4.78, 5) is 13.4. The molecule has 16 heavy (non-hydrogen) atoms. The molecule has 1 amide bonds. The van der Waals surface area contributed by atoms with Gasteiger partial charge in [0.25, 0.3) is 0 Å². The summed E-state index contributed by atoms with van der Waals surface area (Å²) in [5, 5.41) is 3.03. The molecule has 0 spiro atoms. The molecule has 0 radical (unpaired) electrons. The van der Waals surface area contributed by atoms with Crippen LogP contribution in [0.3, 0.4) is 0 Å². The minimum absolute atomic E-state index is 0.113. The van der Waals surface area contributed by atoms with Gasteiger partial charge in [0.15, 0.2) is 0 Å². The van der Waals surface area contributed by atoms with E-state index in [4.69, 9.17) is 0 Å². The fourth-order valence-electron chi connectivity index (χ4n) is 1.36. The summed E-state index contributed by atoms with van der Waals surface area (Å²) in [5.74, 6) is 0.113. The Bertz CT molecular complexity index is 355. The predicted molar refractivity (Wildman–Crippen MR) is 69.2 cm³/mol. The van der Waals surface area contributed by atoms with Gasteiger partial charge in [-0.05, 0) is 24.2 Å². The Labute approximate surface area is 105 Å². The molecule has 0 aliphatic rings. The summed E-state index contributed by atoms with van der Waals surface area (Å²) in [6.07, 6.45) is 0. The fourth-order valence-corrected chi connectivity index (χ4v) is 1.81. The molecule has 3 nitrogen and oxygen atoms in total. The smallest absolute Gasteiger partial charge is 0.236 e. The van der Waals surface area contributed by atoms with Crippen LogP contribution in [-0.4, -0.2) is 30.9 Å². The lowest BCUT2D eigenvalue weighted by atomic mass is 10.2. The molecule has 0 saturated carbocycles. The number of benzene rings is 1. The Balaban J connectivity index is 2.50. The number of halogens is 1. The van der Waals surface area contributed by atoms with Gasteiger partial charge in [-0.15, -0.1) is 0 Å². The predicted octanol–water partition coefficient (Wildman–Crippen LogP) is 2.02. The number of amides is 1. The number of likely N-dealkylation sites (N-methyl/N-ethyl adjacent to an activating group) is 2. The number of hydrogen-bond acceptors (Lipinski definition) is 2. The van der Waals surface area contributed by atoms with Crippen molar-refractivity contribution in [2.75, 3.05) is 20.1 Å². The van der Waals surface area contributed by atoms with E-state index in [2.05, 4.69) is 21.2 Å². The molecule has 1 rings (SSSR count). The van der Waals surface area contributed by atoms with Crippen LogP contribution in [0.1, 0.15) is 12.5 Å². The second-order valence-electron chi connectivity index (χ2n) is 3.66. The van der Waals surface area contributed by atoms with Crippen molar-refractivity contribution in [3.63, 3.8) is 0 Å². The zero-order chi connectivity index (χ0) is 12.0. The van der Waals surface area contributed by atoms with Crippen LogP contribution < -0.4 is 5.32 Å². The third kappa shape index (κ3) is 4.33. The van der Waals surface area contributed by atoms with Gasteiger partial charge in [-0.3, -0.25) is 4.79 Å². The molecule has 0 unspecified atom stereocenters. The molecule has 4 heteroatoms. The summed E-state index contributed by atoms with van der Waals surface area (Å²) in [6.45, 7) is 3.85. The lowest BCUT2D eigenvalue weighted by molar-refractivity contribution is -0.129. The number of carbonyl (C=O) groups excluding carboxylic acids is 1. The van der Waals surface area contributed by atoms with E-state index in [1.54, 1.807) is 4.90 Å². The highest BCUT2D eigenvalue weighted by atomic mass is 79.9. The molecule has 1 aromatic rings. The third-order valence-corrected chi connectivity index (χ3v) is 2.75. The lowest BCUT2D eigenvalue weighted by Gasteiger charge is -2.17. The first-order chi connectivity index (χ1) is 7.63. The highest BCUT2D eigenvalue weighted by Gasteiger charge is 2.08. The number of nitrogens with zero attached hydrogens (tertiary/aromatic N) is 1. The van der Waals surface area contributed by atoms with E-state index in [1.165, 1.54) is 0 Å². The second kappa shape index (κ2) is 6.66. The Kier molecular flexibility index (Phi) is 5.49. The summed E-state index contributed by atoms with van der Waals surface area (Å²) < 4.78 is 1.04. The van der Waals surface area contributed by atoms with Crippen LogP contribution in [0.25, 0.3) is 0 Å². The second-order valence-corrected chi connectivity index (χ2v) is 4.58. The highest BCUT2D eigenvalue weighted by Crippen LogP contribution is 2.12. The van der Waals surface area contributed by atoms with Crippen LogP contribution in [-0.2, 0) is 11.3 Å². The topological polar surface area (TPSA) is 32.3 Å². The number of rotatable bonds is 5. The van der Waals surface area contributed by atoms with E-state index in [0.29, 0.717) is 13.1 Å². The van der Waals surface area contributed by atoms with Crippen molar-refractivity contribution in [3.8, 4) is 0 Å². The van der Waals surface area contributed by atoms with Gasteiger partial charge in [-0.25, -0.2) is 0 Å². The molecule has 0 heterocycles. The van der Waals surface area contributed by atoms with E-state index in [1.807, 2.05) is 38.2 Å². The third-order valence-electron chi connectivity index (χ3n) is 2.26. The summed E-state index contributed by atoms with van der Waals surface area (Å²) in [6, 6.07) is 7.99. The van der Waals surface area contributed by atoms with E-state index in [9.17, 15) is 4.79 Å². The normalized spacial score (nSPS) is 10.2. The molecular weight excluding hydrogens is 268 g/mol. The first-order valence-corrected chi connectivity index (χ1v) is 6.12. The monoisotopic (exact) mass is 284 g/mol. The molecule has 0 saturated heterocycles. The minimum Gasteiger partial charge on any atom is -0.340 e. The van der Waals surface area contributed by atoms with Crippen LogP contribution >= 0.6 is 15.9 Å². The average Bonchev–Trinajstić information content (AvgIpc) is 2.25. The molecule has 1 N–H and O–H groups in total. The molecule has 1 aromatic carbocycles. The maximum atomic E-state index is 11.6. The van der Waals surface area contributed by atoms with Crippen molar-refractivity contribution in [3.05, 3.63) is 34.3 Å². The van der Waals surface area contributed by atoms with Gasteiger partial charge in [0.2, 0.25) is 5.91 Å². The molecule has 0 fully saturated rings. The molecule has 0 aromatic heterocycles. The van der Waals surface area contributed by atoms with Gasteiger partial charge in [-0.1, -0.05) is 35.0 Å². The molecule has 0 aliphatic heterocycles. The average molecular weight is 285 g/mol. The number of hydrogen-bond donors (Lipinski definition) is 1. The summed E-state index contributed by atoms with van der Waals surface area (Å²) in [5.41, 5.74) is 1.13. The van der Waals surface area contributed by atoms with Gasteiger partial charge in [-0.2, -0.15) is 0 Å². The van der Waals surface area contributed by atoms with E-state index < -0.39 is 0 Å². The first kappa shape index (κ1) is 13.2. The summed E-state index contributed by atoms with van der Waals surface area (Å²) >= 11 is 3.42. The quantitative estimate of drug-likeness (QED) is 0.897. The standard InChI is InChI=1S/C12H17BrN2O/c1-3-14-8-12(16)15(2)9-10-5-4-6-11(13)7-10/h4-7,14H,3,8-9H2,1-2H3. The van der Waals surface area contributed by atoms with Crippen molar-refractivity contribution in [2.45, 2.75) is 13.5 Å². The lowest BCUT2D eigenvalue weighted by Crippen LogP contribution is -2.35. The first-order valence-electron chi connectivity index (χ1n) is 5.32. The van der Waals surface area contributed by atoms with Crippen LogP contribution in [0.5, 0.6) is 0 Å². The van der Waals surface area contributed by atoms with E-state index in [0.717, 1.165) is 16.6 Å². The highest BCUT2D eigenvalue weighted by molar-refractivity contribution is 9.10. The van der Waals surface area contributed by atoms with Gasteiger partial charge < -0.3 is 10.2 Å². The van der Waals surface area contributed by atoms with E-state index >= 15 is 0 Å². The van der Waals surface area contributed by atoms with Crippen molar-refractivity contribution < 1.29 is 4.79 Å². The Morgan fingerprint density at radius 1 is 1.50 bits per heavy atom. The minimum atomic E-state index is 0.113. The molecule has 0 atom stereocenters. The SMILES string of the molecule is CCNCC(=O)N(C)Cc1cccc(Br)c1. The maximum Gasteiger partial charge on any atom is 0.236 e. The van der Waals surface area contributed by atoms with Crippen molar-refractivity contribution in [1.82, 2.24) is 10.2 Å². The zero-order valence-corrected chi connectivity index (χ0v) is 11.3. The fraction of sp³-hybridized carbons (Fsp3) is 0.417. The molecule has 88 valence electrons. The van der Waals surface area contributed by atoms with Gasteiger partial charge >= 0.3 is 0 Å².